The van der Waals surface area contributed by atoms with Gasteiger partial charge in [0.25, 0.3) is 5.91 Å². The van der Waals surface area contributed by atoms with Crippen LogP contribution >= 0.6 is 0 Å². The molecular formula is C17H16F3N3O5S. The molecule has 3 rings (SSSR count). The second-order valence-electron chi connectivity index (χ2n) is 5.97. The lowest BCUT2D eigenvalue weighted by molar-refractivity contribution is -0.137. The van der Waals surface area contributed by atoms with Crippen molar-refractivity contribution in [3.63, 3.8) is 0 Å². The van der Waals surface area contributed by atoms with Crippen molar-refractivity contribution in [1.82, 2.24) is 4.72 Å². The number of fused-ring (bicyclic) bond motifs is 1. The number of nitrogens with one attached hydrogen (secondary N) is 3. The van der Waals surface area contributed by atoms with Crippen LogP contribution in [0, 0.1) is 0 Å². The molecule has 0 spiro atoms. The Labute approximate surface area is 164 Å². The summed E-state index contributed by atoms with van der Waals surface area (Å²) in [5, 5.41) is 4.94. The summed E-state index contributed by atoms with van der Waals surface area (Å²) < 4.78 is 75.8. The number of alkyl halides is 3. The van der Waals surface area contributed by atoms with Crippen LogP contribution in [0.25, 0.3) is 0 Å². The molecule has 0 fully saturated rings. The molecule has 1 heterocycles. The molecule has 0 bridgehead atoms. The van der Waals surface area contributed by atoms with E-state index in [9.17, 15) is 26.4 Å². The fourth-order valence-electron chi connectivity index (χ4n) is 2.70. The molecule has 0 radical (unpaired) electrons. The standard InChI is InChI=1S/C17H16F3N3O5S/c1-27-12-5-4-10(8-13(12)28-2)21-16(24)15-22-11-7-9(17(18,19)20)3-6-14(11)29(25,26)23-15/h3-8,15,22-23H,1-2H3,(H,21,24)/t15-/m0/s1. The van der Waals surface area contributed by atoms with Crippen LogP contribution in [0.2, 0.25) is 0 Å². The minimum absolute atomic E-state index is 0.267. The maximum absolute atomic E-state index is 12.9. The molecule has 1 atom stereocenters. The van der Waals surface area contributed by atoms with E-state index in [2.05, 4.69) is 15.4 Å². The minimum Gasteiger partial charge on any atom is -0.493 e. The highest BCUT2D eigenvalue weighted by Crippen LogP contribution is 2.35. The Balaban J connectivity index is 1.87. The molecule has 0 unspecified atom stereocenters. The first-order valence-electron chi connectivity index (χ1n) is 8.08. The third-order valence-corrected chi connectivity index (χ3v) is 5.56. The van der Waals surface area contributed by atoms with E-state index in [1.54, 1.807) is 0 Å². The molecule has 1 aliphatic rings. The highest BCUT2D eigenvalue weighted by Gasteiger charge is 2.37. The van der Waals surface area contributed by atoms with E-state index in [1.165, 1.54) is 32.4 Å². The highest BCUT2D eigenvalue weighted by molar-refractivity contribution is 7.89. The second-order valence-corrected chi connectivity index (χ2v) is 7.65. The van der Waals surface area contributed by atoms with Gasteiger partial charge in [-0.15, -0.1) is 0 Å². The summed E-state index contributed by atoms with van der Waals surface area (Å²) in [6.45, 7) is 0. The Morgan fingerprint density at radius 1 is 1.07 bits per heavy atom. The Morgan fingerprint density at radius 3 is 2.38 bits per heavy atom. The fraction of sp³-hybridized carbons (Fsp3) is 0.235. The third kappa shape index (κ3) is 4.22. The Hall–Kier alpha value is -2.99. The largest absolute Gasteiger partial charge is 0.493 e. The first-order valence-corrected chi connectivity index (χ1v) is 9.56. The van der Waals surface area contributed by atoms with Gasteiger partial charge in [0, 0.05) is 11.8 Å². The molecule has 0 saturated heterocycles. The van der Waals surface area contributed by atoms with Crippen molar-refractivity contribution in [1.29, 1.82) is 0 Å². The number of benzene rings is 2. The van der Waals surface area contributed by atoms with Gasteiger partial charge >= 0.3 is 6.18 Å². The lowest BCUT2D eigenvalue weighted by Crippen LogP contribution is -2.51. The number of amides is 1. The first-order chi connectivity index (χ1) is 13.5. The van der Waals surface area contributed by atoms with Gasteiger partial charge in [-0.25, -0.2) is 8.42 Å². The van der Waals surface area contributed by atoms with Gasteiger partial charge in [-0.1, -0.05) is 0 Å². The third-order valence-electron chi connectivity index (χ3n) is 4.08. The van der Waals surface area contributed by atoms with Gasteiger partial charge < -0.3 is 20.1 Å². The van der Waals surface area contributed by atoms with Crippen molar-refractivity contribution in [2.75, 3.05) is 24.9 Å². The zero-order valence-electron chi connectivity index (χ0n) is 15.1. The Morgan fingerprint density at radius 2 is 1.76 bits per heavy atom. The van der Waals surface area contributed by atoms with Crippen molar-refractivity contribution in [2.45, 2.75) is 17.2 Å². The minimum atomic E-state index is -4.66. The Bertz CT molecular complexity index is 1060. The molecule has 0 aliphatic carbocycles. The monoisotopic (exact) mass is 431 g/mol. The molecular weight excluding hydrogens is 415 g/mol. The quantitative estimate of drug-likeness (QED) is 0.687. The number of hydrogen-bond acceptors (Lipinski definition) is 6. The van der Waals surface area contributed by atoms with E-state index in [4.69, 9.17) is 9.47 Å². The van der Waals surface area contributed by atoms with Crippen LogP contribution in [0.15, 0.2) is 41.3 Å². The van der Waals surface area contributed by atoms with Crippen molar-refractivity contribution in [2.24, 2.45) is 0 Å². The average molecular weight is 431 g/mol. The van der Waals surface area contributed by atoms with Gasteiger partial charge in [0.1, 0.15) is 4.90 Å². The number of sulfonamides is 1. The average Bonchev–Trinajstić information content (AvgIpc) is 2.66. The molecule has 1 amide bonds. The molecule has 156 valence electrons. The number of carbonyl (C=O) groups is 1. The summed E-state index contributed by atoms with van der Waals surface area (Å²) in [4.78, 5) is 12.1. The summed E-state index contributed by atoms with van der Waals surface area (Å²) in [6, 6.07) is 6.60. The van der Waals surface area contributed by atoms with Crippen molar-refractivity contribution in [3.8, 4) is 11.5 Å². The lowest BCUT2D eigenvalue weighted by atomic mass is 10.2. The number of halogens is 3. The maximum Gasteiger partial charge on any atom is 0.416 e. The van der Waals surface area contributed by atoms with Gasteiger partial charge in [0.2, 0.25) is 10.0 Å². The van der Waals surface area contributed by atoms with Crippen LogP contribution in [0.4, 0.5) is 24.5 Å². The summed E-state index contributed by atoms with van der Waals surface area (Å²) >= 11 is 0. The van der Waals surface area contributed by atoms with Crippen molar-refractivity contribution >= 4 is 27.3 Å². The van der Waals surface area contributed by atoms with Crippen LogP contribution in [0.5, 0.6) is 11.5 Å². The molecule has 8 nitrogen and oxygen atoms in total. The van der Waals surface area contributed by atoms with Gasteiger partial charge in [-0.05, 0) is 30.3 Å². The summed E-state index contributed by atoms with van der Waals surface area (Å²) in [5.41, 5.74) is -1.10. The fourth-order valence-corrected chi connectivity index (χ4v) is 3.96. The van der Waals surface area contributed by atoms with Crippen molar-refractivity contribution < 1.29 is 35.9 Å². The number of ether oxygens (including phenoxy) is 2. The Kier molecular flexibility index (Phi) is 5.32. The van der Waals surface area contributed by atoms with E-state index >= 15 is 0 Å². The summed E-state index contributed by atoms with van der Waals surface area (Å²) in [5.74, 6) is -0.0953. The van der Waals surface area contributed by atoms with E-state index in [1.807, 2.05) is 0 Å². The second kappa shape index (κ2) is 7.44. The first kappa shape index (κ1) is 20.7. The zero-order valence-corrected chi connectivity index (χ0v) is 15.9. The van der Waals surface area contributed by atoms with Crippen LogP contribution in [-0.2, 0) is 21.0 Å². The summed E-state index contributed by atoms with van der Waals surface area (Å²) in [7, 11) is -1.37. The number of rotatable bonds is 4. The van der Waals surface area contributed by atoms with E-state index in [0.717, 1.165) is 6.07 Å². The number of methoxy groups -OCH3 is 2. The zero-order chi connectivity index (χ0) is 21.4. The number of anilines is 2. The normalized spacial score (nSPS) is 17.6. The van der Waals surface area contributed by atoms with E-state index in [-0.39, 0.29) is 16.3 Å². The predicted octanol–water partition coefficient (Wildman–Crippen LogP) is 2.39. The van der Waals surface area contributed by atoms with E-state index < -0.39 is 33.8 Å². The number of hydrogen-bond donors (Lipinski definition) is 3. The molecule has 0 aromatic heterocycles. The van der Waals surface area contributed by atoms with Crippen LogP contribution < -0.4 is 24.8 Å². The van der Waals surface area contributed by atoms with Gasteiger partial charge in [0.15, 0.2) is 17.7 Å². The topological polar surface area (TPSA) is 106 Å². The molecule has 0 saturated carbocycles. The predicted molar refractivity (Wildman–Crippen MR) is 97.4 cm³/mol. The molecule has 2 aromatic rings. The molecule has 1 aliphatic heterocycles. The number of carbonyl (C=O) groups excluding carboxylic acids is 1. The smallest absolute Gasteiger partial charge is 0.416 e. The summed E-state index contributed by atoms with van der Waals surface area (Å²) in [6.07, 6.45) is -6.19. The van der Waals surface area contributed by atoms with Gasteiger partial charge in [0.05, 0.1) is 25.5 Å². The van der Waals surface area contributed by atoms with Crippen LogP contribution in [0.1, 0.15) is 5.56 Å². The molecule has 29 heavy (non-hydrogen) atoms. The van der Waals surface area contributed by atoms with Crippen molar-refractivity contribution in [3.05, 3.63) is 42.0 Å². The lowest BCUT2D eigenvalue weighted by Gasteiger charge is -2.27. The van der Waals surface area contributed by atoms with E-state index in [0.29, 0.717) is 23.6 Å². The van der Waals surface area contributed by atoms with Gasteiger partial charge in [-0.2, -0.15) is 17.9 Å². The highest BCUT2D eigenvalue weighted by atomic mass is 32.2. The van der Waals surface area contributed by atoms with Crippen LogP contribution in [-0.4, -0.2) is 34.7 Å². The molecule has 12 heteroatoms. The van der Waals surface area contributed by atoms with Crippen LogP contribution in [0.3, 0.4) is 0 Å². The molecule has 2 aromatic carbocycles. The molecule has 3 N–H and O–H groups in total. The SMILES string of the molecule is COc1ccc(NC(=O)[C@H]2Nc3cc(C(F)(F)F)ccc3S(=O)(=O)N2)cc1OC. The maximum atomic E-state index is 12.9. The van der Waals surface area contributed by atoms with Gasteiger partial charge in [-0.3, -0.25) is 4.79 Å².